The fraction of sp³-hybridized carbons (Fsp3) is 0.286. The van der Waals surface area contributed by atoms with Crippen molar-refractivity contribution in [1.82, 2.24) is 14.7 Å². The lowest BCUT2D eigenvalue weighted by molar-refractivity contribution is 0.0285. The third-order valence-electron chi connectivity index (χ3n) is 4.21. The van der Waals surface area contributed by atoms with Crippen LogP contribution in [0.2, 0.25) is 5.02 Å². The van der Waals surface area contributed by atoms with Crippen LogP contribution >= 0.6 is 11.6 Å². The quantitative estimate of drug-likeness (QED) is 0.694. The highest BCUT2D eigenvalue weighted by Crippen LogP contribution is 2.27. The van der Waals surface area contributed by atoms with E-state index in [4.69, 9.17) is 22.1 Å². The number of hydrogen-bond donors (Lipinski definition) is 1. The second-order valence-corrected chi connectivity index (χ2v) is 8.21. The molecule has 0 spiro atoms. The van der Waals surface area contributed by atoms with Crippen LogP contribution in [0, 0.1) is 0 Å². The van der Waals surface area contributed by atoms with Crippen molar-refractivity contribution in [1.29, 1.82) is 0 Å². The zero-order valence-corrected chi connectivity index (χ0v) is 17.5. The summed E-state index contributed by atoms with van der Waals surface area (Å²) < 4.78 is 7.01. The Labute approximate surface area is 174 Å². The number of carbonyl (C=O) groups is 2. The lowest BCUT2D eigenvalue weighted by Gasteiger charge is -2.24. The Morgan fingerprint density at radius 1 is 1.17 bits per heavy atom. The van der Waals surface area contributed by atoms with Crippen molar-refractivity contribution >= 4 is 34.5 Å². The number of amides is 2. The minimum Gasteiger partial charge on any atom is -0.444 e. The molecule has 0 saturated carbocycles. The van der Waals surface area contributed by atoms with Crippen LogP contribution in [0.15, 0.2) is 42.6 Å². The number of nitrogens with two attached hydrogens (primary N) is 1. The second kappa shape index (κ2) is 7.75. The van der Waals surface area contributed by atoms with Crippen molar-refractivity contribution in [3.63, 3.8) is 0 Å². The van der Waals surface area contributed by atoms with E-state index in [9.17, 15) is 9.59 Å². The molecule has 0 fully saturated rings. The number of primary amides is 1. The van der Waals surface area contributed by atoms with Crippen LogP contribution in [0.1, 0.15) is 36.7 Å². The number of carbonyl (C=O) groups excluding carboxylic acids is 2. The second-order valence-electron chi connectivity index (χ2n) is 7.80. The maximum atomic E-state index is 12.1. The number of ether oxygens (including phenoxy) is 1. The summed E-state index contributed by atoms with van der Waals surface area (Å²) in [6.45, 7) is 5.90. The van der Waals surface area contributed by atoms with Crippen molar-refractivity contribution in [2.45, 2.75) is 32.9 Å². The monoisotopic (exact) mass is 414 g/mol. The summed E-state index contributed by atoms with van der Waals surface area (Å²) in [5, 5.41) is 5.61. The van der Waals surface area contributed by atoms with Crippen LogP contribution in [0.25, 0.3) is 16.6 Å². The minimum absolute atomic E-state index is 0.318. The molecule has 0 aliphatic carbocycles. The summed E-state index contributed by atoms with van der Waals surface area (Å²) in [5.74, 6) is -0.558. The van der Waals surface area contributed by atoms with Gasteiger partial charge in [-0.05, 0) is 50.6 Å². The van der Waals surface area contributed by atoms with Crippen LogP contribution in [-0.4, -0.2) is 39.3 Å². The number of halogens is 1. The molecule has 0 radical (unpaired) electrons. The van der Waals surface area contributed by atoms with Gasteiger partial charge < -0.3 is 15.4 Å². The minimum atomic E-state index is -0.558. The predicted molar refractivity (Wildman–Crippen MR) is 112 cm³/mol. The molecule has 0 aliphatic rings. The Kier molecular flexibility index (Phi) is 5.53. The topological polar surface area (TPSA) is 90.5 Å². The van der Waals surface area contributed by atoms with Crippen molar-refractivity contribution in [3.8, 4) is 5.69 Å². The van der Waals surface area contributed by atoms with E-state index in [1.54, 1.807) is 30.1 Å². The van der Waals surface area contributed by atoms with E-state index < -0.39 is 11.5 Å². The molecule has 2 amide bonds. The first kappa shape index (κ1) is 20.7. The van der Waals surface area contributed by atoms with Gasteiger partial charge in [0.25, 0.3) is 5.91 Å². The highest BCUT2D eigenvalue weighted by atomic mass is 35.5. The van der Waals surface area contributed by atoms with E-state index in [1.807, 2.05) is 45.0 Å². The Balaban J connectivity index is 1.82. The molecule has 152 valence electrons. The molecular formula is C21H23ClN4O3. The van der Waals surface area contributed by atoms with Crippen molar-refractivity contribution in [2.75, 3.05) is 7.05 Å². The van der Waals surface area contributed by atoms with Gasteiger partial charge in [-0.2, -0.15) is 5.10 Å². The molecule has 0 saturated heterocycles. The number of hydrogen-bond acceptors (Lipinski definition) is 4. The molecule has 0 unspecified atom stereocenters. The first-order valence-electron chi connectivity index (χ1n) is 9.06. The van der Waals surface area contributed by atoms with Crippen molar-refractivity contribution in [2.24, 2.45) is 5.73 Å². The number of fused-ring (bicyclic) bond motifs is 1. The van der Waals surface area contributed by atoms with Gasteiger partial charge in [-0.15, -0.1) is 0 Å². The molecule has 0 atom stereocenters. The fourth-order valence-electron chi connectivity index (χ4n) is 2.84. The van der Waals surface area contributed by atoms with Crippen LogP contribution in [0.5, 0.6) is 0 Å². The third-order valence-corrected chi connectivity index (χ3v) is 4.54. The van der Waals surface area contributed by atoms with Crippen LogP contribution in [0.4, 0.5) is 4.79 Å². The Hall–Kier alpha value is -3.06. The molecule has 8 heteroatoms. The molecule has 7 nitrogen and oxygen atoms in total. The number of benzene rings is 2. The van der Waals surface area contributed by atoms with Gasteiger partial charge in [0, 0.05) is 25.2 Å². The summed E-state index contributed by atoms with van der Waals surface area (Å²) in [7, 11) is 1.69. The zero-order valence-electron chi connectivity index (χ0n) is 16.8. The summed E-state index contributed by atoms with van der Waals surface area (Å²) in [6.07, 6.45) is 1.37. The summed E-state index contributed by atoms with van der Waals surface area (Å²) >= 11 is 6.24. The van der Waals surface area contributed by atoms with Crippen molar-refractivity contribution < 1.29 is 14.3 Å². The summed E-state index contributed by atoms with van der Waals surface area (Å²) in [4.78, 5) is 25.3. The SMILES string of the molecule is CN(Cc1ccc(-n2cc3c(Cl)ccc(C(N)=O)c3n2)cc1)C(=O)OC(C)(C)C. The first-order valence-corrected chi connectivity index (χ1v) is 9.44. The third kappa shape index (κ3) is 4.68. The van der Waals surface area contributed by atoms with Gasteiger partial charge in [-0.3, -0.25) is 4.79 Å². The highest BCUT2D eigenvalue weighted by Gasteiger charge is 2.19. The average molecular weight is 415 g/mol. The van der Waals surface area contributed by atoms with Crippen LogP contribution in [0.3, 0.4) is 0 Å². The molecule has 3 aromatic rings. The van der Waals surface area contributed by atoms with Crippen molar-refractivity contribution in [3.05, 3.63) is 58.7 Å². The Morgan fingerprint density at radius 2 is 1.83 bits per heavy atom. The highest BCUT2D eigenvalue weighted by molar-refractivity contribution is 6.36. The number of nitrogens with zero attached hydrogens (tertiary/aromatic N) is 3. The Bertz CT molecular complexity index is 1070. The van der Waals surface area contributed by atoms with Gasteiger partial charge in [0.1, 0.15) is 11.1 Å². The van der Waals surface area contributed by atoms with Gasteiger partial charge in [0.2, 0.25) is 0 Å². The molecule has 2 aromatic carbocycles. The largest absolute Gasteiger partial charge is 0.444 e. The van der Waals surface area contributed by atoms with Crippen LogP contribution < -0.4 is 5.73 Å². The number of rotatable bonds is 4. The Morgan fingerprint density at radius 3 is 2.41 bits per heavy atom. The smallest absolute Gasteiger partial charge is 0.410 e. The maximum absolute atomic E-state index is 12.1. The van der Waals surface area contributed by atoms with E-state index in [0.717, 1.165) is 11.3 Å². The van der Waals surface area contributed by atoms with E-state index in [-0.39, 0.29) is 6.09 Å². The van der Waals surface area contributed by atoms with E-state index in [0.29, 0.717) is 28.0 Å². The maximum Gasteiger partial charge on any atom is 0.410 e. The molecule has 0 aliphatic heterocycles. The zero-order chi connectivity index (χ0) is 21.3. The molecule has 1 heterocycles. The van der Waals surface area contributed by atoms with E-state index in [1.165, 1.54) is 4.90 Å². The predicted octanol–water partition coefficient (Wildman–Crippen LogP) is 4.14. The van der Waals surface area contributed by atoms with Gasteiger partial charge in [0.05, 0.1) is 16.3 Å². The van der Waals surface area contributed by atoms with E-state index >= 15 is 0 Å². The van der Waals surface area contributed by atoms with Gasteiger partial charge in [0.15, 0.2) is 0 Å². The number of aromatic nitrogens is 2. The van der Waals surface area contributed by atoms with Crippen LogP contribution in [-0.2, 0) is 11.3 Å². The van der Waals surface area contributed by atoms with Gasteiger partial charge in [-0.25, -0.2) is 9.48 Å². The van der Waals surface area contributed by atoms with Gasteiger partial charge >= 0.3 is 6.09 Å². The normalized spacial score (nSPS) is 11.5. The summed E-state index contributed by atoms with van der Waals surface area (Å²) in [6, 6.07) is 10.8. The molecule has 2 N–H and O–H groups in total. The standard InChI is InChI=1S/C21H23ClN4O3/c1-21(2,3)29-20(28)25(4)11-13-5-7-14(8-6-13)26-12-16-17(22)10-9-15(19(23)27)18(16)24-26/h5-10,12H,11H2,1-4H3,(H2,23,27). The molecule has 0 bridgehead atoms. The molecule has 1 aromatic heterocycles. The molecule has 29 heavy (non-hydrogen) atoms. The lowest BCUT2D eigenvalue weighted by Crippen LogP contribution is -2.33. The lowest BCUT2D eigenvalue weighted by atomic mass is 10.1. The first-order chi connectivity index (χ1) is 13.5. The molecular weight excluding hydrogens is 392 g/mol. The van der Waals surface area contributed by atoms with E-state index in [2.05, 4.69) is 5.10 Å². The summed E-state index contributed by atoms with van der Waals surface area (Å²) in [5.41, 5.74) is 7.40. The average Bonchev–Trinajstić information content (AvgIpc) is 3.07. The fourth-order valence-corrected chi connectivity index (χ4v) is 3.04. The molecule has 3 rings (SSSR count). The van der Waals surface area contributed by atoms with Gasteiger partial charge in [-0.1, -0.05) is 23.7 Å².